The molecule has 0 aliphatic rings. The van der Waals surface area contributed by atoms with Crippen molar-refractivity contribution in [1.82, 2.24) is 4.57 Å². The van der Waals surface area contributed by atoms with Gasteiger partial charge in [0.1, 0.15) is 31.2 Å². The molecule has 0 saturated heterocycles. The lowest BCUT2D eigenvalue weighted by atomic mass is 10.0. The first kappa shape index (κ1) is 22.1. The molecule has 4 heteroatoms. The van der Waals surface area contributed by atoms with Gasteiger partial charge in [-0.1, -0.05) is 80.6 Å². The van der Waals surface area contributed by atoms with Crippen LogP contribution in [0.15, 0.2) is 85.5 Å². The van der Waals surface area contributed by atoms with E-state index in [0.29, 0.717) is 5.92 Å². The van der Waals surface area contributed by atoms with Crippen LogP contribution < -0.4 is 26.3 Å². The average molecular weight is 465 g/mol. The summed E-state index contributed by atoms with van der Waals surface area (Å²) in [4.78, 5) is 0. The fourth-order valence-corrected chi connectivity index (χ4v) is 3.60. The highest BCUT2D eigenvalue weighted by atomic mass is 79.9. The Bertz CT molecular complexity index is 1070. The fraction of sp³-hybridized carbons (Fsp3) is 0.269. The monoisotopic (exact) mass is 464 g/mol. The van der Waals surface area contributed by atoms with Crippen molar-refractivity contribution in [2.45, 2.75) is 33.4 Å². The van der Waals surface area contributed by atoms with Gasteiger partial charge >= 0.3 is 0 Å². The third kappa shape index (κ3) is 5.51. The van der Waals surface area contributed by atoms with Gasteiger partial charge in [-0.3, -0.25) is 0 Å². The van der Waals surface area contributed by atoms with Gasteiger partial charge in [0.05, 0.1) is 6.61 Å². The Morgan fingerprint density at radius 3 is 2.50 bits per heavy atom. The van der Waals surface area contributed by atoms with Crippen LogP contribution in [0.5, 0.6) is 5.75 Å². The molecular weight excluding hydrogens is 436 g/mol. The Hall–Kier alpha value is -2.59. The molecular formula is C26H29BrN2O. The Morgan fingerprint density at radius 1 is 0.933 bits per heavy atom. The average Bonchev–Trinajstić information content (AvgIpc) is 3.16. The summed E-state index contributed by atoms with van der Waals surface area (Å²) in [5, 5.41) is 2.42. The van der Waals surface area contributed by atoms with Gasteiger partial charge in [-0.15, -0.1) is 0 Å². The predicted octanol–water partition coefficient (Wildman–Crippen LogP) is 2.45. The number of aromatic nitrogens is 2. The van der Waals surface area contributed by atoms with E-state index in [-0.39, 0.29) is 17.0 Å². The quantitative estimate of drug-likeness (QED) is 0.366. The van der Waals surface area contributed by atoms with E-state index in [2.05, 4.69) is 108 Å². The Labute approximate surface area is 189 Å². The van der Waals surface area contributed by atoms with E-state index < -0.39 is 0 Å². The fourth-order valence-electron chi connectivity index (χ4n) is 3.60. The largest absolute Gasteiger partial charge is 1.00 e. The minimum absolute atomic E-state index is 0. The molecule has 3 aromatic carbocycles. The maximum atomic E-state index is 6.32. The molecule has 0 N–H and O–H groups in total. The molecule has 156 valence electrons. The van der Waals surface area contributed by atoms with Gasteiger partial charge in [-0.2, -0.15) is 0 Å². The van der Waals surface area contributed by atoms with E-state index >= 15 is 0 Å². The predicted molar refractivity (Wildman–Crippen MR) is 118 cm³/mol. The highest BCUT2D eigenvalue weighted by Gasteiger charge is 2.13. The number of benzene rings is 3. The van der Waals surface area contributed by atoms with Crippen molar-refractivity contribution in [1.29, 1.82) is 0 Å². The molecule has 1 heterocycles. The van der Waals surface area contributed by atoms with E-state index in [1.807, 2.05) is 0 Å². The minimum atomic E-state index is 0. The van der Waals surface area contributed by atoms with Gasteiger partial charge in [-0.05, 0) is 23.3 Å². The van der Waals surface area contributed by atoms with Crippen LogP contribution in [-0.4, -0.2) is 11.2 Å². The zero-order valence-corrected chi connectivity index (χ0v) is 19.3. The van der Waals surface area contributed by atoms with Crippen LogP contribution in [0, 0.1) is 5.92 Å². The topological polar surface area (TPSA) is 18.0 Å². The number of hydrogen-bond donors (Lipinski definition) is 0. The van der Waals surface area contributed by atoms with Gasteiger partial charge in [0, 0.05) is 10.9 Å². The van der Waals surface area contributed by atoms with Crippen molar-refractivity contribution < 1.29 is 26.3 Å². The molecule has 0 bridgehead atoms. The van der Waals surface area contributed by atoms with Gasteiger partial charge in [0.25, 0.3) is 0 Å². The lowest BCUT2D eigenvalue weighted by Gasteiger charge is -2.14. The second kappa shape index (κ2) is 10.4. The normalized spacial score (nSPS) is 10.9. The van der Waals surface area contributed by atoms with Crippen molar-refractivity contribution in [3.8, 4) is 5.75 Å². The van der Waals surface area contributed by atoms with Gasteiger partial charge in [-0.25, -0.2) is 9.13 Å². The van der Waals surface area contributed by atoms with Gasteiger partial charge in [0.15, 0.2) is 0 Å². The molecule has 30 heavy (non-hydrogen) atoms. The van der Waals surface area contributed by atoms with Crippen molar-refractivity contribution in [3.63, 3.8) is 0 Å². The van der Waals surface area contributed by atoms with Crippen molar-refractivity contribution >= 4 is 10.8 Å². The van der Waals surface area contributed by atoms with Crippen LogP contribution in [0.3, 0.4) is 0 Å². The first-order valence-electron chi connectivity index (χ1n) is 10.4. The number of fused-ring (bicyclic) bond motifs is 1. The number of rotatable bonds is 8. The maximum absolute atomic E-state index is 6.32. The maximum Gasteiger partial charge on any atom is 0.244 e. The van der Waals surface area contributed by atoms with Crippen LogP contribution in [-0.2, 0) is 13.1 Å². The number of hydrogen-bond acceptors (Lipinski definition) is 1. The number of nitrogens with zero attached hydrogens (tertiary/aromatic N) is 2. The van der Waals surface area contributed by atoms with Gasteiger partial charge in [0.2, 0.25) is 6.33 Å². The zero-order chi connectivity index (χ0) is 20.1. The van der Waals surface area contributed by atoms with E-state index in [0.717, 1.165) is 31.9 Å². The lowest BCUT2D eigenvalue weighted by molar-refractivity contribution is -0.687. The molecule has 1 aromatic heterocycles. The SMILES string of the molecule is CC(C)CCOc1c(Cn2cc[n+](Cc3ccccc3)c2)ccc2ccccc12.[Br-]. The highest BCUT2D eigenvalue weighted by molar-refractivity contribution is 5.89. The van der Waals surface area contributed by atoms with E-state index in [4.69, 9.17) is 4.74 Å². The Balaban J connectivity index is 0.00000256. The van der Waals surface area contributed by atoms with Crippen LogP contribution >= 0.6 is 0 Å². The number of ether oxygens (including phenoxy) is 1. The van der Waals surface area contributed by atoms with E-state index in [9.17, 15) is 0 Å². The van der Waals surface area contributed by atoms with Crippen molar-refractivity contribution in [3.05, 3.63) is 96.6 Å². The number of halogens is 1. The summed E-state index contributed by atoms with van der Waals surface area (Å²) < 4.78 is 10.8. The molecule has 0 unspecified atom stereocenters. The third-order valence-electron chi connectivity index (χ3n) is 5.21. The molecule has 0 spiro atoms. The standard InChI is InChI=1S/C26H29N2O.BrH/c1-21(2)14-17-29-26-24(13-12-23-10-6-7-11-25(23)26)19-28-16-15-27(20-28)18-22-8-4-3-5-9-22;/h3-13,15-16,20-21H,14,17-19H2,1-2H3;1H/q+1;/p-1. The summed E-state index contributed by atoms with van der Waals surface area (Å²) in [6.07, 6.45) is 7.49. The molecule has 0 atom stereocenters. The minimum Gasteiger partial charge on any atom is -1.00 e. The second-order valence-corrected chi connectivity index (χ2v) is 8.05. The summed E-state index contributed by atoms with van der Waals surface area (Å²) >= 11 is 0. The summed E-state index contributed by atoms with van der Waals surface area (Å²) in [6, 6.07) is 23.4. The lowest BCUT2D eigenvalue weighted by Crippen LogP contribution is -3.00. The van der Waals surface area contributed by atoms with Crippen LogP contribution in [0.25, 0.3) is 10.8 Å². The van der Waals surface area contributed by atoms with Crippen molar-refractivity contribution in [2.24, 2.45) is 5.92 Å². The molecule has 4 aromatic rings. The van der Waals surface area contributed by atoms with E-state index in [1.54, 1.807) is 0 Å². The summed E-state index contributed by atoms with van der Waals surface area (Å²) in [5.74, 6) is 1.65. The molecule has 0 aliphatic heterocycles. The molecule has 0 saturated carbocycles. The summed E-state index contributed by atoms with van der Waals surface area (Å²) in [5.41, 5.74) is 2.52. The van der Waals surface area contributed by atoms with Crippen molar-refractivity contribution in [2.75, 3.05) is 6.61 Å². The Kier molecular flexibility index (Phi) is 7.69. The highest BCUT2D eigenvalue weighted by Crippen LogP contribution is 2.31. The smallest absolute Gasteiger partial charge is 0.244 e. The Morgan fingerprint density at radius 2 is 1.70 bits per heavy atom. The van der Waals surface area contributed by atoms with Gasteiger partial charge < -0.3 is 21.7 Å². The van der Waals surface area contributed by atoms with Crippen LogP contribution in [0.2, 0.25) is 0 Å². The summed E-state index contributed by atoms with van der Waals surface area (Å²) in [6.45, 7) is 6.89. The molecule has 0 radical (unpaired) electrons. The molecule has 0 aliphatic carbocycles. The third-order valence-corrected chi connectivity index (χ3v) is 5.21. The molecule has 4 rings (SSSR count). The molecule has 3 nitrogen and oxygen atoms in total. The second-order valence-electron chi connectivity index (χ2n) is 8.05. The van der Waals surface area contributed by atoms with Crippen LogP contribution in [0.1, 0.15) is 31.4 Å². The number of imidazole rings is 1. The first-order chi connectivity index (χ1) is 14.2. The zero-order valence-electron chi connectivity index (χ0n) is 17.7. The van der Waals surface area contributed by atoms with Crippen LogP contribution in [0.4, 0.5) is 0 Å². The first-order valence-corrected chi connectivity index (χ1v) is 10.4. The molecule has 0 amide bonds. The molecule has 0 fully saturated rings. The summed E-state index contributed by atoms with van der Waals surface area (Å²) in [7, 11) is 0. The van der Waals surface area contributed by atoms with E-state index in [1.165, 1.54) is 21.9 Å².